The van der Waals surface area contributed by atoms with Crippen LogP contribution >= 0.6 is 23.4 Å². The molecule has 1 aliphatic rings. The molecule has 1 aliphatic heterocycles. The Bertz CT molecular complexity index is 502. The molecule has 1 heterocycles. The van der Waals surface area contributed by atoms with Crippen LogP contribution in [0.5, 0.6) is 0 Å². The number of hydrogen-bond acceptors (Lipinski definition) is 4. The van der Waals surface area contributed by atoms with Crippen LogP contribution in [0, 0.1) is 0 Å². The molecule has 2 rings (SSSR count). The number of thioether (sulfide) groups is 1. The van der Waals surface area contributed by atoms with Crippen LogP contribution in [0.2, 0.25) is 5.02 Å². The largest absolute Gasteiger partial charge is 0.478 e. The second-order valence-corrected chi connectivity index (χ2v) is 7.08. The van der Waals surface area contributed by atoms with Crippen molar-refractivity contribution < 1.29 is 9.90 Å². The van der Waals surface area contributed by atoms with Gasteiger partial charge in [-0.25, -0.2) is 4.79 Å². The van der Waals surface area contributed by atoms with Crippen LogP contribution in [0.25, 0.3) is 0 Å². The fraction of sp³-hybridized carbons (Fsp3) is 0.462. The van der Waals surface area contributed by atoms with Crippen molar-refractivity contribution in [2.75, 3.05) is 23.3 Å². The number of anilines is 2. The van der Waals surface area contributed by atoms with Gasteiger partial charge in [-0.3, -0.25) is 0 Å². The Kier molecular flexibility index (Phi) is 4.16. The van der Waals surface area contributed by atoms with Crippen molar-refractivity contribution in [3.63, 3.8) is 0 Å². The van der Waals surface area contributed by atoms with E-state index in [0.29, 0.717) is 22.9 Å². The molecule has 1 aromatic rings. The van der Waals surface area contributed by atoms with Crippen molar-refractivity contribution in [2.24, 2.45) is 0 Å². The molecule has 4 nitrogen and oxygen atoms in total. The highest BCUT2D eigenvalue weighted by Crippen LogP contribution is 2.38. The second kappa shape index (κ2) is 5.51. The number of aromatic carboxylic acids is 1. The second-order valence-electron chi connectivity index (χ2n) is 4.99. The number of hydrogen-bond donors (Lipinski definition) is 3. The first-order chi connectivity index (χ1) is 8.91. The fourth-order valence-electron chi connectivity index (χ4n) is 2.23. The Morgan fingerprint density at radius 2 is 2.37 bits per heavy atom. The van der Waals surface area contributed by atoms with Gasteiger partial charge in [-0.2, -0.15) is 11.8 Å². The number of nitrogens with two attached hydrogens (primary N) is 1. The Morgan fingerprint density at radius 1 is 1.63 bits per heavy atom. The van der Waals surface area contributed by atoms with Gasteiger partial charge in [0.05, 0.1) is 16.3 Å². The lowest BCUT2D eigenvalue weighted by molar-refractivity contribution is 0.0698. The van der Waals surface area contributed by atoms with E-state index in [2.05, 4.69) is 12.2 Å². The molecule has 1 aromatic carbocycles. The molecule has 0 radical (unpaired) electrons. The number of halogens is 1. The van der Waals surface area contributed by atoms with Crippen molar-refractivity contribution >= 4 is 40.7 Å². The van der Waals surface area contributed by atoms with E-state index < -0.39 is 5.97 Å². The monoisotopic (exact) mass is 300 g/mol. The Labute approximate surface area is 121 Å². The molecule has 0 amide bonds. The zero-order valence-corrected chi connectivity index (χ0v) is 12.3. The average Bonchev–Trinajstić information content (AvgIpc) is 2.74. The van der Waals surface area contributed by atoms with Crippen molar-refractivity contribution in [1.29, 1.82) is 0 Å². The lowest BCUT2D eigenvalue weighted by atomic mass is 10.0. The average molecular weight is 301 g/mol. The highest BCUT2D eigenvalue weighted by atomic mass is 35.5. The van der Waals surface area contributed by atoms with E-state index in [1.54, 1.807) is 6.07 Å². The zero-order valence-electron chi connectivity index (χ0n) is 10.7. The summed E-state index contributed by atoms with van der Waals surface area (Å²) in [5, 5.41) is 12.7. The van der Waals surface area contributed by atoms with E-state index in [-0.39, 0.29) is 10.3 Å². The molecule has 0 bridgehead atoms. The van der Waals surface area contributed by atoms with Crippen molar-refractivity contribution in [3.05, 3.63) is 22.7 Å². The minimum atomic E-state index is -1.03. The van der Waals surface area contributed by atoms with E-state index in [4.69, 9.17) is 17.3 Å². The minimum Gasteiger partial charge on any atom is -0.478 e. The summed E-state index contributed by atoms with van der Waals surface area (Å²) in [5.41, 5.74) is 6.56. The summed E-state index contributed by atoms with van der Waals surface area (Å²) >= 11 is 8.01. The number of carbonyl (C=O) groups is 1. The van der Waals surface area contributed by atoms with E-state index in [1.807, 2.05) is 11.8 Å². The van der Waals surface area contributed by atoms with Gasteiger partial charge >= 0.3 is 5.97 Å². The molecule has 1 saturated heterocycles. The summed E-state index contributed by atoms with van der Waals surface area (Å²) in [7, 11) is 0. The van der Waals surface area contributed by atoms with Gasteiger partial charge in [0.1, 0.15) is 0 Å². The SMILES string of the molecule is CC1(CNc2c(Cl)cc(N)cc2C(=O)O)CCCS1. The zero-order chi connectivity index (χ0) is 14.0. The van der Waals surface area contributed by atoms with Gasteiger partial charge in [0.25, 0.3) is 0 Å². The molecule has 19 heavy (non-hydrogen) atoms. The minimum absolute atomic E-state index is 0.122. The quantitative estimate of drug-likeness (QED) is 0.744. The number of nitrogen functional groups attached to an aromatic ring is 1. The maximum Gasteiger partial charge on any atom is 0.337 e. The van der Waals surface area contributed by atoms with Gasteiger partial charge in [0.2, 0.25) is 0 Å². The summed E-state index contributed by atoms with van der Waals surface area (Å²) in [6.07, 6.45) is 2.32. The van der Waals surface area contributed by atoms with Crippen molar-refractivity contribution in [2.45, 2.75) is 24.5 Å². The van der Waals surface area contributed by atoms with E-state index in [0.717, 1.165) is 12.2 Å². The van der Waals surface area contributed by atoms with Crippen LogP contribution in [-0.4, -0.2) is 28.1 Å². The number of benzene rings is 1. The highest BCUT2D eigenvalue weighted by Gasteiger charge is 2.29. The van der Waals surface area contributed by atoms with E-state index in [9.17, 15) is 9.90 Å². The standard InChI is InChI=1S/C13H17ClN2O2S/c1-13(3-2-4-19-13)7-16-11-9(12(17)18)5-8(15)6-10(11)14/h5-6,16H,2-4,7,15H2,1H3,(H,17,18). The topological polar surface area (TPSA) is 75.3 Å². The summed E-state index contributed by atoms with van der Waals surface area (Å²) in [6.45, 7) is 2.88. The normalized spacial score (nSPS) is 22.4. The first kappa shape index (κ1) is 14.3. The first-order valence-electron chi connectivity index (χ1n) is 6.11. The third-order valence-electron chi connectivity index (χ3n) is 3.28. The summed E-state index contributed by atoms with van der Waals surface area (Å²) in [6, 6.07) is 3.00. The smallest absolute Gasteiger partial charge is 0.337 e. The molecular formula is C13H17ClN2O2S. The molecule has 0 aromatic heterocycles. The maximum atomic E-state index is 11.2. The van der Waals surface area contributed by atoms with E-state index >= 15 is 0 Å². The molecular weight excluding hydrogens is 284 g/mol. The molecule has 104 valence electrons. The molecule has 1 fully saturated rings. The molecule has 0 saturated carbocycles. The summed E-state index contributed by atoms with van der Waals surface area (Å²) < 4.78 is 0.139. The maximum absolute atomic E-state index is 11.2. The Balaban J connectivity index is 2.21. The summed E-state index contributed by atoms with van der Waals surface area (Å²) in [5.74, 6) is 0.125. The van der Waals surface area contributed by atoms with Gasteiger partial charge in [0, 0.05) is 17.0 Å². The molecule has 0 spiro atoms. The number of carboxylic acid groups (broad SMARTS) is 1. The summed E-state index contributed by atoms with van der Waals surface area (Å²) in [4.78, 5) is 11.2. The van der Waals surface area contributed by atoms with Crippen molar-refractivity contribution in [1.82, 2.24) is 0 Å². The number of rotatable bonds is 4. The van der Waals surface area contributed by atoms with Gasteiger partial charge in [-0.05, 0) is 37.7 Å². The Morgan fingerprint density at radius 3 is 2.95 bits per heavy atom. The molecule has 0 aliphatic carbocycles. The van der Waals surface area contributed by atoms with Gasteiger partial charge < -0.3 is 16.2 Å². The van der Waals surface area contributed by atoms with Crippen LogP contribution in [0.1, 0.15) is 30.1 Å². The van der Waals surface area contributed by atoms with E-state index in [1.165, 1.54) is 12.5 Å². The van der Waals surface area contributed by atoms with Crippen LogP contribution in [0.15, 0.2) is 12.1 Å². The van der Waals surface area contributed by atoms with Crippen LogP contribution in [-0.2, 0) is 0 Å². The van der Waals surface area contributed by atoms with Crippen molar-refractivity contribution in [3.8, 4) is 0 Å². The predicted molar refractivity (Wildman–Crippen MR) is 81.4 cm³/mol. The Hall–Kier alpha value is -1.07. The van der Waals surface area contributed by atoms with Gasteiger partial charge in [0.15, 0.2) is 0 Å². The van der Waals surface area contributed by atoms with Crippen LogP contribution in [0.3, 0.4) is 0 Å². The molecule has 1 unspecified atom stereocenters. The third-order valence-corrected chi connectivity index (χ3v) is 5.12. The number of carboxylic acids is 1. The van der Waals surface area contributed by atoms with Gasteiger partial charge in [-0.1, -0.05) is 11.6 Å². The fourth-order valence-corrected chi connectivity index (χ4v) is 3.77. The molecule has 6 heteroatoms. The molecule has 4 N–H and O–H groups in total. The third kappa shape index (κ3) is 3.28. The lowest BCUT2D eigenvalue weighted by Crippen LogP contribution is -2.27. The van der Waals surface area contributed by atoms with Crippen LogP contribution < -0.4 is 11.1 Å². The lowest BCUT2D eigenvalue weighted by Gasteiger charge is -2.24. The van der Waals surface area contributed by atoms with Gasteiger partial charge in [-0.15, -0.1) is 0 Å². The first-order valence-corrected chi connectivity index (χ1v) is 7.48. The highest BCUT2D eigenvalue weighted by molar-refractivity contribution is 8.00. The van der Waals surface area contributed by atoms with Crippen LogP contribution in [0.4, 0.5) is 11.4 Å². The molecule has 1 atom stereocenters. The predicted octanol–water partition coefficient (Wildman–Crippen LogP) is 3.32. The number of nitrogens with one attached hydrogen (secondary N) is 1.